The van der Waals surface area contributed by atoms with Gasteiger partial charge in [-0.15, -0.1) is 0 Å². The summed E-state index contributed by atoms with van der Waals surface area (Å²) in [5.74, 6) is -0.604. The number of carbonyl (C=O) groups excluding carboxylic acids is 1. The lowest BCUT2D eigenvalue weighted by atomic mass is 10.3. The number of aromatic nitrogens is 2. The fraction of sp³-hybridized carbons (Fsp3) is 0.429. The van der Waals surface area contributed by atoms with Crippen LogP contribution < -0.4 is 5.56 Å². The van der Waals surface area contributed by atoms with Gasteiger partial charge in [0.1, 0.15) is 5.56 Å². The predicted octanol–water partition coefficient (Wildman–Crippen LogP) is 0.268. The van der Waals surface area contributed by atoms with Crippen LogP contribution in [-0.4, -0.2) is 22.3 Å². The number of aromatic amines is 2. The van der Waals surface area contributed by atoms with Gasteiger partial charge >= 0.3 is 5.97 Å². The summed E-state index contributed by atoms with van der Waals surface area (Å²) >= 11 is 0. The second-order valence-corrected chi connectivity index (χ2v) is 2.61. The first-order chi connectivity index (χ1) is 5.61. The molecule has 0 radical (unpaired) electrons. The first kappa shape index (κ1) is 8.58. The van der Waals surface area contributed by atoms with Crippen molar-refractivity contribution in [3.05, 3.63) is 22.1 Å². The summed E-state index contributed by atoms with van der Waals surface area (Å²) < 4.78 is 4.80. The van der Waals surface area contributed by atoms with E-state index in [1.807, 2.05) is 0 Å². The molecule has 2 N–H and O–H groups in total. The van der Waals surface area contributed by atoms with Gasteiger partial charge in [0.2, 0.25) is 0 Å². The lowest BCUT2D eigenvalue weighted by molar-refractivity contribution is 0.0376. The summed E-state index contributed by atoms with van der Waals surface area (Å²) in [6.45, 7) is 3.44. The number of ether oxygens (including phenoxy) is 1. The third kappa shape index (κ3) is 1.75. The topological polar surface area (TPSA) is 75.0 Å². The molecule has 0 aliphatic heterocycles. The standard InChI is InChI=1S/C7H10N2O3/c1-4(2)12-7(11)5-3-8-9-6(5)10/h3-4H,1-2H3,(H2,8,9,10). The number of hydrogen-bond acceptors (Lipinski definition) is 3. The van der Waals surface area contributed by atoms with Gasteiger partial charge in [0, 0.05) is 6.20 Å². The van der Waals surface area contributed by atoms with Gasteiger partial charge in [0.15, 0.2) is 0 Å². The Morgan fingerprint density at radius 3 is 2.67 bits per heavy atom. The van der Waals surface area contributed by atoms with Gasteiger partial charge < -0.3 is 9.84 Å². The van der Waals surface area contributed by atoms with Gasteiger partial charge in [-0.05, 0) is 13.8 Å². The molecule has 0 spiro atoms. The molecule has 0 saturated carbocycles. The van der Waals surface area contributed by atoms with Crippen molar-refractivity contribution in [2.45, 2.75) is 20.0 Å². The van der Waals surface area contributed by atoms with Crippen molar-refractivity contribution < 1.29 is 9.53 Å². The molecule has 1 rings (SSSR count). The largest absolute Gasteiger partial charge is 0.459 e. The van der Waals surface area contributed by atoms with Gasteiger partial charge in [-0.3, -0.25) is 9.89 Å². The van der Waals surface area contributed by atoms with Crippen molar-refractivity contribution in [2.75, 3.05) is 0 Å². The highest BCUT2D eigenvalue weighted by molar-refractivity contribution is 5.88. The highest BCUT2D eigenvalue weighted by Crippen LogP contribution is 1.96. The van der Waals surface area contributed by atoms with Crippen molar-refractivity contribution in [2.24, 2.45) is 0 Å². The SMILES string of the molecule is CC(C)OC(=O)c1c[nH][nH]c1=O. The molecule has 0 unspecified atom stereocenters. The zero-order valence-corrected chi connectivity index (χ0v) is 6.88. The number of rotatable bonds is 2. The Morgan fingerprint density at radius 1 is 1.58 bits per heavy atom. The average molecular weight is 170 g/mol. The summed E-state index contributed by atoms with van der Waals surface area (Å²) in [6.07, 6.45) is 1.07. The molecule has 0 bridgehead atoms. The van der Waals surface area contributed by atoms with Crippen LogP contribution in [0.1, 0.15) is 24.2 Å². The first-order valence-electron chi connectivity index (χ1n) is 3.58. The zero-order chi connectivity index (χ0) is 9.14. The van der Waals surface area contributed by atoms with Crippen LogP contribution >= 0.6 is 0 Å². The fourth-order valence-electron chi connectivity index (χ4n) is 0.736. The molecule has 1 heterocycles. The van der Waals surface area contributed by atoms with Gasteiger partial charge in [0.25, 0.3) is 5.56 Å². The molecule has 5 nitrogen and oxygen atoms in total. The average Bonchev–Trinajstić information content (AvgIpc) is 2.33. The monoisotopic (exact) mass is 170 g/mol. The molecule has 1 aromatic heterocycles. The van der Waals surface area contributed by atoms with E-state index in [2.05, 4.69) is 10.2 Å². The minimum Gasteiger partial charge on any atom is -0.459 e. The smallest absolute Gasteiger partial charge is 0.345 e. The maximum absolute atomic E-state index is 11.1. The zero-order valence-electron chi connectivity index (χ0n) is 6.88. The number of carbonyl (C=O) groups is 1. The van der Waals surface area contributed by atoms with Crippen molar-refractivity contribution in [3.8, 4) is 0 Å². The van der Waals surface area contributed by atoms with Crippen molar-refractivity contribution in [1.82, 2.24) is 10.2 Å². The molecule has 0 atom stereocenters. The Hall–Kier alpha value is -1.52. The Morgan fingerprint density at radius 2 is 2.25 bits per heavy atom. The molecular formula is C7H10N2O3. The third-order valence-electron chi connectivity index (χ3n) is 1.21. The highest BCUT2D eigenvalue weighted by atomic mass is 16.5. The number of nitrogens with one attached hydrogen (secondary N) is 2. The number of esters is 1. The van der Waals surface area contributed by atoms with E-state index in [0.717, 1.165) is 0 Å². The summed E-state index contributed by atoms with van der Waals surface area (Å²) in [4.78, 5) is 21.9. The molecule has 0 aliphatic rings. The Kier molecular flexibility index (Phi) is 2.32. The van der Waals surface area contributed by atoms with E-state index in [9.17, 15) is 9.59 Å². The molecule has 0 amide bonds. The van der Waals surface area contributed by atoms with Crippen LogP contribution in [-0.2, 0) is 4.74 Å². The summed E-state index contributed by atoms with van der Waals surface area (Å²) in [7, 11) is 0. The lowest BCUT2D eigenvalue weighted by Crippen LogP contribution is -2.18. The first-order valence-corrected chi connectivity index (χ1v) is 3.58. The van der Waals surface area contributed by atoms with E-state index in [0.29, 0.717) is 0 Å². The van der Waals surface area contributed by atoms with Gasteiger partial charge in [-0.25, -0.2) is 4.79 Å². The molecule has 5 heteroatoms. The molecule has 12 heavy (non-hydrogen) atoms. The van der Waals surface area contributed by atoms with E-state index < -0.39 is 11.5 Å². The van der Waals surface area contributed by atoms with E-state index >= 15 is 0 Å². The summed E-state index contributed by atoms with van der Waals surface area (Å²) in [5.41, 5.74) is -0.454. The summed E-state index contributed by atoms with van der Waals surface area (Å²) in [6, 6.07) is 0. The molecule has 0 saturated heterocycles. The van der Waals surface area contributed by atoms with E-state index in [-0.39, 0.29) is 11.7 Å². The minimum atomic E-state index is -0.604. The van der Waals surface area contributed by atoms with Crippen LogP contribution in [0.5, 0.6) is 0 Å². The van der Waals surface area contributed by atoms with Crippen molar-refractivity contribution >= 4 is 5.97 Å². The molecule has 1 aromatic rings. The Bertz CT molecular complexity index is 323. The van der Waals surface area contributed by atoms with Gasteiger partial charge in [0.05, 0.1) is 6.10 Å². The third-order valence-corrected chi connectivity index (χ3v) is 1.21. The maximum Gasteiger partial charge on any atom is 0.345 e. The van der Waals surface area contributed by atoms with Crippen LogP contribution in [0.15, 0.2) is 11.0 Å². The van der Waals surface area contributed by atoms with Crippen molar-refractivity contribution in [1.29, 1.82) is 0 Å². The quantitative estimate of drug-likeness (QED) is 0.625. The number of hydrogen-bond donors (Lipinski definition) is 2. The van der Waals surface area contributed by atoms with Gasteiger partial charge in [-0.2, -0.15) is 0 Å². The minimum absolute atomic E-state index is 0.00343. The second-order valence-electron chi connectivity index (χ2n) is 2.61. The molecular weight excluding hydrogens is 160 g/mol. The predicted molar refractivity (Wildman–Crippen MR) is 42.0 cm³/mol. The maximum atomic E-state index is 11.1. The molecule has 0 fully saturated rings. The summed E-state index contributed by atoms with van der Waals surface area (Å²) in [5, 5.41) is 4.66. The van der Waals surface area contributed by atoms with Crippen LogP contribution in [0.3, 0.4) is 0 Å². The van der Waals surface area contributed by atoms with Gasteiger partial charge in [-0.1, -0.05) is 0 Å². The highest BCUT2D eigenvalue weighted by Gasteiger charge is 2.13. The normalized spacial score (nSPS) is 10.2. The van der Waals surface area contributed by atoms with E-state index in [1.54, 1.807) is 13.8 Å². The van der Waals surface area contributed by atoms with Crippen LogP contribution in [0.4, 0.5) is 0 Å². The molecule has 0 aliphatic carbocycles. The van der Waals surface area contributed by atoms with E-state index in [1.165, 1.54) is 6.20 Å². The molecule has 66 valence electrons. The Labute approximate surface area is 68.7 Å². The van der Waals surface area contributed by atoms with Crippen LogP contribution in [0, 0.1) is 0 Å². The second kappa shape index (κ2) is 3.25. The fourth-order valence-corrected chi connectivity index (χ4v) is 0.736. The Balaban J connectivity index is 2.79. The van der Waals surface area contributed by atoms with E-state index in [4.69, 9.17) is 4.74 Å². The number of H-pyrrole nitrogens is 2. The van der Waals surface area contributed by atoms with Crippen LogP contribution in [0.2, 0.25) is 0 Å². The molecule has 0 aromatic carbocycles. The van der Waals surface area contributed by atoms with Crippen molar-refractivity contribution in [3.63, 3.8) is 0 Å². The lowest BCUT2D eigenvalue weighted by Gasteiger charge is -2.04. The van der Waals surface area contributed by atoms with Crippen LogP contribution in [0.25, 0.3) is 0 Å².